The van der Waals surface area contributed by atoms with Crippen LogP contribution in [0.3, 0.4) is 0 Å². The third kappa shape index (κ3) is 2.49. The molecule has 2 aromatic heterocycles. The molecule has 0 saturated carbocycles. The summed E-state index contributed by atoms with van der Waals surface area (Å²) >= 11 is 1.63. The van der Waals surface area contributed by atoms with Gasteiger partial charge in [-0.05, 0) is 66.7 Å². The fourth-order valence-electron chi connectivity index (χ4n) is 3.54. The highest BCUT2D eigenvalue weighted by Gasteiger charge is 2.44. The van der Waals surface area contributed by atoms with Crippen LogP contribution in [-0.2, 0) is 23.2 Å². The average molecular weight is 345 g/mol. The number of aryl methyl sites for hydroxylation is 1. The third-order valence-electron chi connectivity index (χ3n) is 4.90. The van der Waals surface area contributed by atoms with E-state index in [9.17, 15) is 9.90 Å². The first-order valence-electron chi connectivity index (χ1n) is 8.29. The molecule has 1 fully saturated rings. The normalized spacial score (nSPS) is 23.7. The first-order chi connectivity index (χ1) is 11.7. The number of thioether (sulfide) groups is 1. The van der Waals surface area contributed by atoms with Crippen LogP contribution in [0.25, 0.3) is 11.5 Å². The molecule has 2 aliphatic rings. The summed E-state index contributed by atoms with van der Waals surface area (Å²) in [5.74, 6) is 0.995. The van der Waals surface area contributed by atoms with Gasteiger partial charge in [0.15, 0.2) is 5.54 Å². The molecule has 0 amide bonds. The molecule has 0 aromatic carbocycles. The summed E-state index contributed by atoms with van der Waals surface area (Å²) in [5.41, 5.74) is 2.14. The second kappa shape index (κ2) is 6.16. The molecule has 1 unspecified atom stereocenters. The first-order valence-corrected chi connectivity index (χ1v) is 9.45. The van der Waals surface area contributed by atoms with Crippen LogP contribution in [0, 0.1) is 0 Å². The summed E-state index contributed by atoms with van der Waals surface area (Å²) < 4.78 is 0. The molecule has 8 heteroatoms. The molecule has 0 spiro atoms. The van der Waals surface area contributed by atoms with E-state index in [1.165, 1.54) is 22.3 Å². The summed E-state index contributed by atoms with van der Waals surface area (Å²) in [6.45, 7) is 0. The molecule has 1 atom stereocenters. The van der Waals surface area contributed by atoms with E-state index in [-0.39, 0.29) is 0 Å². The number of tetrazole rings is 1. The van der Waals surface area contributed by atoms with Gasteiger partial charge in [-0.25, -0.2) is 4.79 Å². The van der Waals surface area contributed by atoms with E-state index in [1.54, 1.807) is 18.0 Å². The number of carboxylic acids is 1. The van der Waals surface area contributed by atoms with Crippen LogP contribution in [0.15, 0.2) is 12.3 Å². The van der Waals surface area contributed by atoms with E-state index in [0.717, 1.165) is 37.1 Å². The van der Waals surface area contributed by atoms with Crippen molar-refractivity contribution < 1.29 is 9.90 Å². The Morgan fingerprint density at radius 1 is 1.29 bits per heavy atom. The van der Waals surface area contributed by atoms with Crippen LogP contribution in [0.2, 0.25) is 0 Å². The number of aliphatic carboxylic acids is 1. The number of hydrogen-bond donors (Lipinski definition) is 1. The number of nitrogens with zero attached hydrogens (tertiary/aromatic N) is 5. The van der Waals surface area contributed by atoms with E-state index in [0.29, 0.717) is 18.0 Å². The smallest absolute Gasteiger partial charge is 0.334 e. The minimum Gasteiger partial charge on any atom is -0.479 e. The Morgan fingerprint density at radius 3 is 2.96 bits per heavy atom. The number of carbonyl (C=O) groups is 1. The predicted octanol–water partition coefficient (Wildman–Crippen LogP) is 1.92. The fraction of sp³-hybridized carbons (Fsp3) is 0.562. The van der Waals surface area contributed by atoms with E-state index in [2.05, 4.69) is 26.5 Å². The van der Waals surface area contributed by atoms with E-state index < -0.39 is 11.5 Å². The van der Waals surface area contributed by atoms with Crippen molar-refractivity contribution in [3.63, 3.8) is 0 Å². The van der Waals surface area contributed by atoms with E-state index >= 15 is 0 Å². The van der Waals surface area contributed by atoms with Crippen LogP contribution in [0.5, 0.6) is 0 Å². The molecule has 24 heavy (non-hydrogen) atoms. The SMILES string of the molecule is O=C(O)C1(n2nnc(-c3nccc4c3CCCC4)n2)CCCSC1. The zero-order valence-electron chi connectivity index (χ0n) is 13.3. The van der Waals surface area contributed by atoms with Crippen molar-refractivity contribution >= 4 is 17.7 Å². The molecule has 2 aromatic rings. The highest BCUT2D eigenvalue weighted by molar-refractivity contribution is 7.99. The molecule has 4 rings (SSSR count). The van der Waals surface area contributed by atoms with Gasteiger partial charge in [0.2, 0.25) is 5.82 Å². The second-order valence-electron chi connectivity index (χ2n) is 6.40. The van der Waals surface area contributed by atoms with Crippen LogP contribution >= 0.6 is 11.8 Å². The van der Waals surface area contributed by atoms with Crippen LogP contribution < -0.4 is 0 Å². The zero-order chi connectivity index (χ0) is 16.6. The number of pyridine rings is 1. The molecular weight excluding hydrogens is 326 g/mol. The van der Waals surface area contributed by atoms with Gasteiger partial charge in [0.25, 0.3) is 0 Å². The molecule has 7 nitrogen and oxygen atoms in total. The van der Waals surface area contributed by atoms with Gasteiger partial charge < -0.3 is 5.11 Å². The zero-order valence-corrected chi connectivity index (χ0v) is 14.1. The van der Waals surface area contributed by atoms with Crippen LogP contribution in [0.1, 0.15) is 36.8 Å². The summed E-state index contributed by atoms with van der Waals surface area (Å²) in [6.07, 6.45) is 7.50. The Hall–Kier alpha value is -1.96. The van der Waals surface area contributed by atoms with Crippen molar-refractivity contribution in [2.75, 3.05) is 11.5 Å². The number of aromatic nitrogens is 5. The molecule has 1 N–H and O–H groups in total. The highest BCUT2D eigenvalue weighted by atomic mass is 32.2. The number of hydrogen-bond acceptors (Lipinski definition) is 6. The van der Waals surface area contributed by atoms with Gasteiger partial charge in [0, 0.05) is 11.9 Å². The van der Waals surface area contributed by atoms with Gasteiger partial charge >= 0.3 is 5.97 Å². The standard InChI is InChI=1S/C16H19N5O2S/c22-15(23)16(7-3-9-24-10-16)21-19-14(18-20-21)13-12-5-2-1-4-11(12)6-8-17-13/h6,8H,1-5,7,9-10H2,(H,22,23). The monoisotopic (exact) mass is 345 g/mol. The fourth-order valence-corrected chi connectivity index (χ4v) is 4.75. The van der Waals surface area contributed by atoms with Crippen molar-refractivity contribution in [1.29, 1.82) is 0 Å². The largest absolute Gasteiger partial charge is 0.479 e. The van der Waals surface area contributed by atoms with Gasteiger partial charge in [-0.15, -0.1) is 15.0 Å². The molecule has 1 aliphatic carbocycles. The lowest BCUT2D eigenvalue weighted by Crippen LogP contribution is -2.47. The summed E-state index contributed by atoms with van der Waals surface area (Å²) in [6, 6.07) is 2.05. The Kier molecular flexibility index (Phi) is 3.99. The van der Waals surface area contributed by atoms with E-state index in [1.807, 2.05) is 0 Å². The second-order valence-corrected chi connectivity index (χ2v) is 7.50. The minimum atomic E-state index is -1.09. The van der Waals surface area contributed by atoms with Crippen molar-refractivity contribution in [2.24, 2.45) is 0 Å². The Morgan fingerprint density at radius 2 is 2.17 bits per heavy atom. The predicted molar refractivity (Wildman–Crippen MR) is 89.9 cm³/mol. The number of fused-ring (bicyclic) bond motifs is 1. The van der Waals surface area contributed by atoms with Crippen molar-refractivity contribution in [3.8, 4) is 11.5 Å². The molecule has 0 radical (unpaired) electrons. The van der Waals surface area contributed by atoms with Crippen LogP contribution in [0.4, 0.5) is 0 Å². The van der Waals surface area contributed by atoms with Crippen molar-refractivity contribution in [3.05, 3.63) is 23.4 Å². The third-order valence-corrected chi connectivity index (χ3v) is 6.16. The molecular formula is C16H19N5O2S. The summed E-state index contributed by atoms with van der Waals surface area (Å²) in [7, 11) is 0. The van der Waals surface area contributed by atoms with Crippen molar-refractivity contribution in [1.82, 2.24) is 25.2 Å². The van der Waals surface area contributed by atoms with Gasteiger partial charge in [0.05, 0.1) is 0 Å². The topological polar surface area (TPSA) is 93.8 Å². The van der Waals surface area contributed by atoms with Gasteiger partial charge in [0.1, 0.15) is 5.69 Å². The molecule has 3 heterocycles. The molecule has 1 aliphatic heterocycles. The molecule has 1 saturated heterocycles. The Balaban J connectivity index is 1.74. The van der Waals surface area contributed by atoms with Gasteiger partial charge in [-0.2, -0.15) is 11.8 Å². The lowest BCUT2D eigenvalue weighted by molar-refractivity contribution is -0.148. The minimum absolute atomic E-state index is 0.435. The highest BCUT2D eigenvalue weighted by Crippen LogP contribution is 2.33. The Bertz CT molecular complexity index is 770. The maximum absolute atomic E-state index is 11.9. The average Bonchev–Trinajstić information content (AvgIpc) is 3.12. The maximum Gasteiger partial charge on any atom is 0.334 e. The lowest BCUT2D eigenvalue weighted by atomic mass is 9.91. The summed E-state index contributed by atoms with van der Waals surface area (Å²) in [4.78, 5) is 17.7. The molecule has 0 bridgehead atoms. The maximum atomic E-state index is 11.9. The summed E-state index contributed by atoms with van der Waals surface area (Å²) in [5, 5.41) is 22.4. The van der Waals surface area contributed by atoms with Crippen LogP contribution in [-0.4, -0.2) is 47.8 Å². The number of rotatable bonds is 3. The van der Waals surface area contributed by atoms with Gasteiger partial charge in [-0.1, -0.05) is 0 Å². The van der Waals surface area contributed by atoms with Gasteiger partial charge in [-0.3, -0.25) is 4.98 Å². The Labute approximate surface area is 143 Å². The lowest BCUT2D eigenvalue weighted by Gasteiger charge is -2.30. The van der Waals surface area contributed by atoms with Crippen molar-refractivity contribution in [2.45, 2.75) is 44.1 Å². The van der Waals surface area contributed by atoms with E-state index in [4.69, 9.17) is 0 Å². The number of carboxylic acid groups (broad SMARTS) is 1. The molecule has 126 valence electrons. The quantitative estimate of drug-likeness (QED) is 0.908. The first kappa shape index (κ1) is 15.6.